The van der Waals surface area contributed by atoms with E-state index in [0.717, 1.165) is 43.2 Å². The van der Waals surface area contributed by atoms with Crippen LogP contribution >= 0.6 is 11.6 Å². The summed E-state index contributed by atoms with van der Waals surface area (Å²) in [6.07, 6.45) is 2.08. The molecule has 0 saturated carbocycles. The lowest BCUT2D eigenvalue weighted by Crippen LogP contribution is -2.35. The minimum atomic E-state index is -0.574. The fourth-order valence-corrected chi connectivity index (χ4v) is 4.68. The van der Waals surface area contributed by atoms with Gasteiger partial charge in [0.15, 0.2) is 0 Å². The number of nitro benzene ring substituents is 1. The highest BCUT2D eigenvalue weighted by Crippen LogP contribution is 2.30. The summed E-state index contributed by atoms with van der Waals surface area (Å²) in [5, 5.41) is 16.8. The minimum absolute atomic E-state index is 0.0274. The van der Waals surface area contributed by atoms with E-state index in [0.29, 0.717) is 17.2 Å². The molecule has 1 fully saturated rings. The fraction of sp³-hybridized carbons (Fsp3) is 0.286. The Labute approximate surface area is 220 Å². The van der Waals surface area contributed by atoms with Gasteiger partial charge in [-0.3, -0.25) is 19.7 Å². The van der Waals surface area contributed by atoms with Crippen LogP contribution in [0.25, 0.3) is 0 Å². The van der Waals surface area contributed by atoms with Crippen molar-refractivity contribution in [3.8, 4) is 0 Å². The predicted molar refractivity (Wildman–Crippen MR) is 145 cm³/mol. The van der Waals surface area contributed by atoms with Crippen molar-refractivity contribution in [2.45, 2.75) is 32.7 Å². The summed E-state index contributed by atoms with van der Waals surface area (Å²) >= 11 is 6.13. The number of carbonyl (C=O) groups is 2. The molecule has 0 aromatic heterocycles. The molecule has 2 N–H and O–H groups in total. The van der Waals surface area contributed by atoms with Crippen LogP contribution in [0, 0.1) is 16.0 Å². The molecule has 8 nitrogen and oxygen atoms in total. The van der Waals surface area contributed by atoms with Crippen LogP contribution in [0.4, 0.5) is 17.1 Å². The fourth-order valence-electron chi connectivity index (χ4n) is 4.42. The second-order valence-corrected chi connectivity index (χ2v) is 9.79. The number of hydrogen-bond acceptors (Lipinski definition) is 5. The lowest BCUT2D eigenvalue weighted by Gasteiger charge is -2.33. The van der Waals surface area contributed by atoms with Crippen LogP contribution in [0.15, 0.2) is 66.7 Å². The molecule has 1 atom stereocenters. The highest BCUT2D eigenvalue weighted by Gasteiger charge is 2.23. The average molecular weight is 521 g/mol. The molecule has 1 unspecified atom stereocenters. The molecule has 3 aromatic rings. The SMILES string of the molecule is CC1CCN(c2ccc(NC(=O)c3ccc([N+](=O)[O-])cc3Cl)cc2C(=O)NC(C)c2ccccc2)CC1. The Morgan fingerprint density at radius 3 is 2.35 bits per heavy atom. The van der Waals surface area contributed by atoms with Crippen molar-refractivity contribution in [3.05, 3.63) is 98.6 Å². The Hall–Kier alpha value is -3.91. The number of amides is 2. The standard InChI is InChI=1S/C28H29ClN4O4/c1-18-12-14-32(15-13-18)26-11-8-21(31-27(34)23-10-9-22(33(36)37)17-25(23)29)16-24(26)28(35)30-19(2)20-6-4-3-5-7-20/h3-11,16-19H,12-15H2,1-2H3,(H,30,35)(H,31,34). The molecular weight excluding hydrogens is 492 g/mol. The number of nitrogens with one attached hydrogen (secondary N) is 2. The van der Waals surface area contributed by atoms with Crippen LogP contribution < -0.4 is 15.5 Å². The van der Waals surface area contributed by atoms with Gasteiger partial charge in [-0.25, -0.2) is 0 Å². The van der Waals surface area contributed by atoms with Crippen LogP contribution in [0.5, 0.6) is 0 Å². The van der Waals surface area contributed by atoms with Gasteiger partial charge < -0.3 is 15.5 Å². The molecule has 4 rings (SSSR count). The van der Waals surface area contributed by atoms with Crippen molar-refractivity contribution in [1.82, 2.24) is 5.32 Å². The quantitative estimate of drug-likeness (QED) is 0.284. The number of nitro groups is 1. The summed E-state index contributed by atoms with van der Waals surface area (Å²) in [6.45, 7) is 5.85. The normalized spacial score (nSPS) is 14.6. The molecule has 0 radical (unpaired) electrons. The van der Waals surface area contributed by atoms with E-state index in [-0.39, 0.29) is 28.2 Å². The van der Waals surface area contributed by atoms with Gasteiger partial charge in [0.2, 0.25) is 0 Å². The highest BCUT2D eigenvalue weighted by atomic mass is 35.5. The van der Waals surface area contributed by atoms with Gasteiger partial charge >= 0.3 is 0 Å². The van der Waals surface area contributed by atoms with Crippen molar-refractivity contribution in [3.63, 3.8) is 0 Å². The van der Waals surface area contributed by atoms with E-state index in [1.807, 2.05) is 43.3 Å². The minimum Gasteiger partial charge on any atom is -0.371 e. The van der Waals surface area contributed by atoms with Crippen LogP contribution in [0.1, 0.15) is 59.0 Å². The van der Waals surface area contributed by atoms with E-state index in [2.05, 4.69) is 22.5 Å². The lowest BCUT2D eigenvalue weighted by atomic mass is 9.97. The Bertz CT molecular complexity index is 1310. The van der Waals surface area contributed by atoms with Gasteiger partial charge in [-0.05, 0) is 55.5 Å². The molecule has 1 saturated heterocycles. The Kier molecular flexibility index (Phi) is 8.08. The van der Waals surface area contributed by atoms with Gasteiger partial charge in [0, 0.05) is 36.6 Å². The first-order valence-electron chi connectivity index (χ1n) is 12.2. The van der Waals surface area contributed by atoms with Gasteiger partial charge in [0.05, 0.1) is 27.1 Å². The van der Waals surface area contributed by atoms with E-state index < -0.39 is 10.8 Å². The zero-order valence-electron chi connectivity index (χ0n) is 20.7. The number of nitrogens with zero attached hydrogens (tertiary/aromatic N) is 2. The number of rotatable bonds is 7. The molecule has 9 heteroatoms. The molecular formula is C28H29ClN4O4. The second-order valence-electron chi connectivity index (χ2n) is 9.38. The number of hydrogen-bond donors (Lipinski definition) is 2. The van der Waals surface area contributed by atoms with Crippen LogP contribution in [-0.2, 0) is 0 Å². The van der Waals surface area contributed by atoms with Crippen molar-refractivity contribution < 1.29 is 14.5 Å². The molecule has 192 valence electrons. The number of non-ortho nitro benzene ring substituents is 1. The van der Waals surface area contributed by atoms with Crippen LogP contribution in [0.3, 0.4) is 0 Å². The molecule has 1 heterocycles. The van der Waals surface area contributed by atoms with E-state index in [4.69, 9.17) is 11.6 Å². The average Bonchev–Trinajstić information content (AvgIpc) is 2.89. The van der Waals surface area contributed by atoms with Gasteiger partial charge in [0.1, 0.15) is 0 Å². The van der Waals surface area contributed by atoms with Crippen molar-refractivity contribution in [1.29, 1.82) is 0 Å². The maximum atomic E-state index is 13.5. The Morgan fingerprint density at radius 1 is 1.00 bits per heavy atom. The van der Waals surface area contributed by atoms with Crippen molar-refractivity contribution >= 4 is 40.5 Å². The van der Waals surface area contributed by atoms with E-state index in [9.17, 15) is 19.7 Å². The number of halogens is 1. The zero-order valence-corrected chi connectivity index (χ0v) is 21.5. The zero-order chi connectivity index (χ0) is 26.5. The molecule has 1 aliphatic heterocycles. The first-order valence-corrected chi connectivity index (χ1v) is 12.6. The monoisotopic (exact) mass is 520 g/mol. The first-order chi connectivity index (χ1) is 17.7. The number of carbonyl (C=O) groups excluding carboxylic acids is 2. The van der Waals surface area contributed by atoms with Crippen molar-refractivity contribution in [2.75, 3.05) is 23.3 Å². The molecule has 2 amide bonds. The summed E-state index contributed by atoms with van der Waals surface area (Å²) in [5.41, 5.74) is 2.59. The third-order valence-electron chi connectivity index (χ3n) is 6.68. The topological polar surface area (TPSA) is 105 Å². The molecule has 0 bridgehead atoms. The maximum absolute atomic E-state index is 13.5. The predicted octanol–water partition coefficient (Wildman–Crippen LogP) is 6.23. The number of piperidine rings is 1. The first kappa shape index (κ1) is 26.2. The van der Waals surface area contributed by atoms with E-state index in [1.165, 1.54) is 12.1 Å². The summed E-state index contributed by atoms with van der Waals surface area (Å²) in [4.78, 5) is 39.0. The van der Waals surface area contributed by atoms with Gasteiger partial charge in [0.25, 0.3) is 17.5 Å². The summed E-state index contributed by atoms with van der Waals surface area (Å²) in [7, 11) is 0. The van der Waals surface area contributed by atoms with Gasteiger partial charge in [-0.2, -0.15) is 0 Å². The molecule has 0 aliphatic carbocycles. The third kappa shape index (κ3) is 6.27. The van der Waals surface area contributed by atoms with E-state index >= 15 is 0 Å². The summed E-state index contributed by atoms with van der Waals surface area (Å²) in [6, 6.07) is 18.4. The highest BCUT2D eigenvalue weighted by molar-refractivity contribution is 6.34. The number of benzene rings is 3. The molecule has 0 spiro atoms. The molecule has 1 aliphatic rings. The third-order valence-corrected chi connectivity index (χ3v) is 6.99. The Morgan fingerprint density at radius 2 is 1.70 bits per heavy atom. The van der Waals surface area contributed by atoms with Crippen molar-refractivity contribution in [2.24, 2.45) is 5.92 Å². The largest absolute Gasteiger partial charge is 0.371 e. The van der Waals surface area contributed by atoms with Crippen LogP contribution in [-0.4, -0.2) is 29.8 Å². The maximum Gasteiger partial charge on any atom is 0.270 e. The summed E-state index contributed by atoms with van der Waals surface area (Å²) in [5.74, 6) is -0.130. The Balaban J connectivity index is 1.60. The number of anilines is 2. The molecule has 3 aromatic carbocycles. The lowest BCUT2D eigenvalue weighted by molar-refractivity contribution is -0.384. The second kappa shape index (κ2) is 11.4. The van der Waals surface area contributed by atoms with Gasteiger partial charge in [-0.15, -0.1) is 0 Å². The summed E-state index contributed by atoms with van der Waals surface area (Å²) < 4.78 is 0. The van der Waals surface area contributed by atoms with Gasteiger partial charge in [-0.1, -0.05) is 48.9 Å². The van der Waals surface area contributed by atoms with E-state index in [1.54, 1.807) is 12.1 Å². The smallest absolute Gasteiger partial charge is 0.270 e. The van der Waals surface area contributed by atoms with Crippen LogP contribution in [0.2, 0.25) is 5.02 Å². The molecule has 37 heavy (non-hydrogen) atoms.